The smallest absolute Gasteiger partial charge is 0.220 e. The number of thiocarbonyl (C=S) groups is 1. The lowest BCUT2D eigenvalue weighted by atomic mass is 10.3. The Bertz CT molecular complexity index is 602. The Hall–Kier alpha value is -1.85. The predicted octanol–water partition coefficient (Wildman–Crippen LogP) is 3.79. The van der Waals surface area contributed by atoms with Gasteiger partial charge in [0.25, 0.3) is 0 Å². The number of nitrogens with zero attached hydrogens (tertiary/aromatic N) is 2. The van der Waals surface area contributed by atoms with E-state index in [9.17, 15) is 0 Å². The third-order valence-corrected chi connectivity index (χ3v) is 3.10. The number of halogens is 1. The van der Waals surface area contributed by atoms with Crippen molar-refractivity contribution in [2.45, 2.75) is 0 Å². The highest BCUT2D eigenvalue weighted by atomic mass is 35.5. The van der Waals surface area contributed by atoms with E-state index in [0.717, 1.165) is 5.69 Å². The van der Waals surface area contributed by atoms with Gasteiger partial charge in [-0.05, 0) is 42.5 Å². The number of rotatable bonds is 3. The van der Waals surface area contributed by atoms with Crippen molar-refractivity contribution in [3.05, 3.63) is 47.6 Å². The minimum atomic E-state index is 0.400. The molecule has 0 aliphatic carbocycles. The van der Waals surface area contributed by atoms with Gasteiger partial charge in [-0.3, -0.25) is 0 Å². The molecule has 4 nitrogen and oxygen atoms in total. The minimum Gasteiger partial charge on any atom is -0.439 e. The van der Waals surface area contributed by atoms with Crippen LogP contribution >= 0.6 is 23.8 Å². The van der Waals surface area contributed by atoms with Gasteiger partial charge in [0.2, 0.25) is 5.88 Å². The molecule has 0 saturated carbocycles. The lowest BCUT2D eigenvalue weighted by Crippen LogP contribution is -2.26. The second kappa shape index (κ2) is 6.54. The first-order valence-corrected chi connectivity index (χ1v) is 6.72. The van der Waals surface area contributed by atoms with Gasteiger partial charge >= 0.3 is 0 Å². The summed E-state index contributed by atoms with van der Waals surface area (Å²) in [6.07, 6.45) is 0. The fourth-order valence-electron chi connectivity index (χ4n) is 1.41. The molecule has 0 unspecified atom stereocenters. The van der Waals surface area contributed by atoms with Crippen LogP contribution in [0.4, 0.5) is 5.69 Å². The number of pyridine rings is 1. The zero-order valence-electron chi connectivity index (χ0n) is 11.1. The average Bonchev–Trinajstić information content (AvgIpc) is 2.41. The summed E-state index contributed by atoms with van der Waals surface area (Å²) < 4.78 is 5.60. The maximum Gasteiger partial charge on any atom is 0.220 e. The third kappa shape index (κ3) is 4.08. The van der Waals surface area contributed by atoms with Crippen LogP contribution in [0.3, 0.4) is 0 Å². The normalized spacial score (nSPS) is 9.95. The molecule has 0 saturated heterocycles. The van der Waals surface area contributed by atoms with E-state index in [1.54, 1.807) is 18.2 Å². The Balaban J connectivity index is 2.03. The molecule has 0 radical (unpaired) electrons. The van der Waals surface area contributed by atoms with E-state index in [1.165, 1.54) is 0 Å². The van der Waals surface area contributed by atoms with E-state index in [4.69, 9.17) is 28.6 Å². The molecule has 0 atom stereocenters. The molecule has 0 bridgehead atoms. The molecule has 1 N–H and O–H groups in total. The van der Waals surface area contributed by atoms with Crippen molar-refractivity contribution in [1.29, 1.82) is 0 Å². The van der Waals surface area contributed by atoms with Gasteiger partial charge in [0.15, 0.2) is 5.11 Å². The van der Waals surface area contributed by atoms with E-state index < -0.39 is 0 Å². The largest absolute Gasteiger partial charge is 0.439 e. The summed E-state index contributed by atoms with van der Waals surface area (Å²) in [7, 11) is 3.77. The molecule has 0 amide bonds. The predicted molar refractivity (Wildman–Crippen MR) is 85.7 cm³/mol. The topological polar surface area (TPSA) is 37.4 Å². The molecular formula is C14H14ClN3OS. The fraction of sp³-hybridized carbons (Fsp3) is 0.143. The van der Waals surface area contributed by atoms with Crippen LogP contribution in [0.5, 0.6) is 11.6 Å². The third-order valence-electron chi connectivity index (χ3n) is 2.42. The monoisotopic (exact) mass is 307 g/mol. The van der Waals surface area contributed by atoms with Crippen molar-refractivity contribution < 1.29 is 4.74 Å². The standard InChI is InChI=1S/C14H14ClN3OS/c1-18(2)14(20)16-10-6-8-11(9-7-10)19-13-5-3-4-12(15)17-13/h3-9H,1-2H3,(H,16,20). The first kappa shape index (κ1) is 14.6. The van der Waals surface area contributed by atoms with Crippen LogP contribution in [-0.2, 0) is 0 Å². The molecule has 6 heteroatoms. The van der Waals surface area contributed by atoms with Gasteiger partial charge in [0.05, 0.1) is 0 Å². The van der Waals surface area contributed by atoms with E-state index in [2.05, 4.69) is 10.3 Å². The van der Waals surface area contributed by atoms with Crippen molar-refractivity contribution >= 4 is 34.6 Å². The fourth-order valence-corrected chi connectivity index (χ4v) is 1.68. The van der Waals surface area contributed by atoms with Gasteiger partial charge < -0.3 is 15.0 Å². The van der Waals surface area contributed by atoms with Crippen LogP contribution in [0.15, 0.2) is 42.5 Å². The van der Waals surface area contributed by atoms with Crippen LogP contribution in [-0.4, -0.2) is 29.1 Å². The molecule has 1 heterocycles. The molecule has 20 heavy (non-hydrogen) atoms. The van der Waals surface area contributed by atoms with E-state index in [1.807, 2.05) is 43.3 Å². The van der Waals surface area contributed by atoms with Gasteiger partial charge in [-0.2, -0.15) is 0 Å². The number of hydrogen-bond acceptors (Lipinski definition) is 3. The number of ether oxygens (including phenoxy) is 1. The SMILES string of the molecule is CN(C)C(=S)Nc1ccc(Oc2cccc(Cl)n2)cc1. The van der Waals surface area contributed by atoms with Gasteiger partial charge in [-0.1, -0.05) is 17.7 Å². The number of hydrogen-bond donors (Lipinski definition) is 1. The number of nitrogens with one attached hydrogen (secondary N) is 1. The Kier molecular flexibility index (Phi) is 4.76. The van der Waals surface area contributed by atoms with Gasteiger partial charge in [-0.25, -0.2) is 4.98 Å². The Labute approximate surface area is 128 Å². The molecule has 104 valence electrons. The first-order chi connectivity index (χ1) is 9.54. The summed E-state index contributed by atoms with van der Waals surface area (Å²) in [6, 6.07) is 12.7. The average molecular weight is 308 g/mol. The summed E-state index contributed by atoms with van der Waals surface area (Å²) in [4.78, 5) is 5.89. The molecule has 0 spiro atoms. The molecule has 1 aromatic carbocycles. The lowest BCUT2D eigenvalue weighted by molar-refractivity contribution is 0.463. The Morgan fingerprint density at radius 3 is 2.50 bits per heavy atom. The van der Waals surface area contributed by atoms with Gasteiger partial charge in [-0.15, -0.1) is 0 Å². The number of anilines is 1. The second-order valence-electron chi connectivity index (χ2n) is 4.25. The highest BCUT2D eigenvalue weighted by Gasteiger charge is 2.02. The zero-order valence-corrected chi connectivity index (χ0v) is 12.7. The lowest BCUT2D eigenvalue weighted by Gasteiger charge is -2.15. The molecule has 0 fully saturated rings. The highest BCUT2D eigenvalue weighted by molar-refractivity contribution is 7.80. The van der Waals surface area contributed by atoms with Crippen molar-refractivity contribution in [2.75, 3.05) is 19.4 Å². The second-order valence-corrected chi connectivity index (χ2v) is 5.02. The first-order valence-electron chi connectivity index (χ1n) is 5.93. The van der Waals surface area contributed by atoms with Crippen LogP contribution in [0.2, 0.25) is 5.15 Å². The van der Waals surface area contributed by atoms with Gasteiger partial charge in [0, 0.05) is 25.8 Å². The van der Waals surface area contributed by atoms with Crippen molar-refractivity contribution in [3.8, 4) is 11.6 Å². The molecule has 2 rings (SSSR count). The van der Waals surface area contributed by atoms with E-state index in [0.29, 0.717) is 21.9 Å². The summed E-state index contributed by atoms with van der Waals surface area (Å²) >= 11 is 11.0. The summed E-state index contributed by atoms with van der Waals surface area (Å²) in [6.45, 7) is 0. The Morgan fingerprint density at radius 1 is 1.20 bits per heavy atom. The summed E-state index contributed by atoms with van der Waals surface area (Å²) in [5, 5.41) is 4.16. The van der Waals surface area contributed by atoms with Crippen molar-refractivity contribution in [1.82, 2.24) is 9.88 Å². The molecule has 0 aliphatic heterocycles. The van der Waals surface area contributed by atoms with Crippen LogP contribution < -0.4 is 10.1 Å². The molecule has 2 aromatic rings. The Morgan fingerprint density at radius 2 is 1.90 bits per heavy atom. The molecule has 0 aliphatic rings. The molecular weight excluding hydrogens is 294 g/mol. The van der Waals surface area contributed by atoms with Crippen LogP contribution in [0.1, 0.15) is 0 Å². The van der Waals surface area contributed by atoms with Crippen LogP contribution in [0.25, 0.3) is 0 Å². The number of aromatic nitrogens is 1. The summed E-state index contributed by atoms with van der Waals surface area (Å²) in [5.41, 5.74) is 0.898. The van der Waals surface area contributed by atoms with Crippen molar-refractivity contribution in [2.24, 2.45) is 0 Å². The highest BCUT2D eigenvalue weighted by Crippen LogP contribution is 2.22. The molecule has 1 aromatic heterocycles. The quantitative estimate of drug-likeness (QED) is 0.690. The number of benzene rings is 1. The minimum absolute atomic E-state index is 0.400. The van der Waals surface area contributed by atoms with Gasteiger partial charge in [0.1, 0.15) is 10.9 Å². The zero-order chi connectivity index (χ0) is 14.5. The van der Waals surface area contributed by atoms with Crippen molar-refractivity contribution in [3.63, 3.8) is 0 Å². The maximum atomic E-state index is 5.80. The van der Waals surface area contributed by atoms with E-state index in [-0.39, 0.29) is 0 Å². The van der Waals surface area contributed by atoms with E-state index >= 15 is 0 Å². The maximum absolute atomic E-state index is 5.80. The summed E-state index contributed by atoms with van der Waals surface area (Å²) in [5.74, 6) is 1.14. The van der Waals surface area contributed by atoms with Crippen LogP contribution in [0, 0.1) is 0 Å².